The Morgan fingerprint density at radius 2 is 2.00 bits per heavy atom. The van der Waals surface area contributed by atoms with E-state index in [4.69, 9.17) is 14.2 Å². The van der Waals surface area contributed by atoms with Crippen molar-refractivity contribution in [1.82, 2.24) is 4.90 Å². The van der Waals surface area contributed by atoms with E-state index in [0.29, 0.717) is 16.6 Å². The topological polar surface area (TPSA) is 104 Å². The molecule has 0 aromatic heterocycles. The molecular formula is C18H19N3O6S. The monoisotopic (exact) mass is 405 g/mol. The molecule has 2 aliphatic rings. The van der Waals surface area contributed by atoms with Crippen LogP contribution < -0.4 is 9.47 Å². The molecule has 0 bridgehead atoms. The Kier molecular flexibility index (Phi) is 5.59. The fourth-order valence-corrected chi connectivity index (χ4v) is 3.93. The number of esters is 1. The summed E-state index contributed by atoms with van der Waals surface area (Å²) in [7, 11) is 2.85. The van der Waals surface area contributed by atoms with Crippen molar-refractivity contribution in [2.45, 2.75) is 19.9 Å². The average Bonchev–Trinajstić information content (AvgIpc) is 3.13. The number of hydrogen-bond acceptors (Lipinski definition) is 9. The van der Waals surface area contributed by atoms with Gasteiger partial charge in [-0.3, -0.25) is 10.1 Å². The van der Waals surface area contributed by atoms with Crippen molar-refractivity contribution < 1.29 is 23.9 Å². The molecule has 9 nitrogen and oxygen atoms in total. The molecule has 0 radical (unpaired) electrons. The molecule has 28 heavy (non-hydrogen) atoms. The molecule has 1 atom stereocenters. The smallest absolute Gasteiger partial charge is 0.338 e. The highest BCUT2D eigenvalue weighted by atomic mass is 32.2. The molecule has 0 saturated carbocycles. The van der Waals surface area contributed by atoms with E-state index < -0.39 is 16.9 Å². The number of methoxy groups -OCH3 is 2. The Hall–Kier alpha value is -3.01. The van der Waals surface area contributed by atoms with Crippen LogP contribution in [0.1, 0.15) is 25.5 Å². The second-order valence-corrected chi connectivity index (χ2v) is 6.72. The lowest BCUT2D eigenvalue weighted by atomic mass is 9.93. The highest BCUT2D eigenvalue weighted by Gasteiger charge is 2.41. The van der Waals surface area contributed by atoms with Crippen LogP contribution in [0, 0.1) is 10.1 Å². The molecule has 0 aliphatic carbocycles. The lowest BCUT2D eigenvalue weighted by molar-refractivity contribution is -0.385. The summed E-state index contributed by atoms with van der Waals surface area (Å²) in [5, 5.41) is 14.2. The Morgan fingerprint density at radius 1 is 1.32 bits per heavy atom. The minimum absolute atomic E-state index is 0.178. The van der Waals surface area contributed by atoms with E-state index in [0.717, 1.165) is 0 Å². The summed E-state index contributed by atoms with van der Waals surface area (Å²) in [6.07, 6.45) is 1.74. The molecule has 10 heteroatoms. The molecule has 0 fully saturated rings. The Balaban J connectivity index is 2.26. The van der Waals surface area contributed by atoms with E-state index in [9.17, 15) is 14.9 Å². The standard InChI is InChI=1S/C18H19N3O6S/c1-5-27-17(22)15-10(2)19-18-20(6-7-28-18)16(15)11-8-13(25-3)14(26-4)9-12(11)21(23)24/h6-9,16H,5H2,1-4H3/t16-/m1/s1. The number of rotatable bonds is 6. The Bertz CT molecular complexity index is 924. The molecule has 0 N–H and O–H groups in total. The molecule has 0 spiro atoms. The molecule has 3 rings (SSSR count). The number of nitro groups is 1. The molecule has 148 valence electrons. The van der Waals surface area contributed by atoms with Gasteiger partial charge in [-0.25, -0.2) is 9.79 Å². The van der Waals surface area contributed by atoms with Gasteiger partial charge in [-0.2, -0.15) is 0 Å². The number of amidine groups is 1. The Labute approximate surface area is 165 Å². The third kappa shape index (κ3) is 3.31. The van der Waals surface area contributed by atoms with Crippen molar-refractivity contribution in [2.75, 3.05) is 20.8 Å². The normalized spacial score (nSPS) is 17.9. The maximum Gasteiger partial charge on any atom is 0.338 e. The zero-order valence-corrected chi connectivity index (χ0v) is 16.6. The van der Waals surface area contributed by atoms with Gasteiger partial charge in [0.2, 0.25) is 0 Å². The van der Waals surface area contributed by atoms with Crippen LogP contribution in [0.5, 0.6) is 11.5 Å². The number of aliphatic imine (C=N–C) groups is 1. The SMILES string of the molecule is CCOC(=O)C1=C(C)N=C2SC=CN2[C@@H]1c1cc(OC)c(OC)cc1[N+](=O)[O-]. The zero-order chi connectivity index (χ0) is 20.4. The van der Waals surface area contributed by atoms with Gasteiger partial charge in [0.15, 0.2) is 16.7 Å². The average molecular weight is 405 g/mol. The van der Waals surface area contributed by atoms with Crippen molar-refractivity contribution in [1.29, 1.82) is 0 Å². The van der Waals surface area contributed by atoms with Gasteiger partial charge in [-0.05, 0) is 25.3 Å². The second-order valence-electron chi connectivity index (χ2n) is 5.85. The highest BCUT2D eigenvalue weighted by Crippen LogP contribution is 2.46. The summed E-state index contributed by atoms with van der Waals surface area (Å²) in [6, 6.07) is 2.04. The zero-order valence-electron chi connectivity index (χ0n) is 15.8. The van der Waals surface area contributed by atoms with Crippen molar-refractivity contribution in [3.8, 4) is 11.5 Å². The fraction of sp³-hybridized carbons (Fsp3) is 0.333. The number of nitro benzene ring substituents is 1. The quantitative estimate of drug-likeness (QED) is 0.403. The van der Waals surface area contributed by atoms with Gasteiger partial charge in [0.25, 0.3) is 5.69 Å². The number of carbonyl (C=O) groups excluding carboxylic acids is 1. The van der Waals surface area contributed by atoms with Crippen molar-refractivity contribution >= 4 is 28.6 Å². The van der Waals surface area contributed by atoms with E-state index >= 15 is 0 Å². The number of fused-ring (bicyclic) bond motifs is 1. The molecule has 0 amide bonds. The first-order valence-corrected chi connectivity index (χ1v) is 9.29. The lowest BCUT2D eigenvalue weighted by Gasteiger charge is -2.33. The summed E-state index contributed by atoms with van der Waals surface area (Å²) in [6.45, 7) is 3.57. The van der Waals surface area contributed by atoms with Gasteiger partial charge >= 0.3 is 5.97 Å². The van der Waals surface area contributed by atoms with Gasteiger partial charge in [0.1, 0.15) is 6.04 Å². The minimum Gasteiger partial charge on any atom is -0.493 e. The predicted octanol–water partition coefficient (Wildman–Crippen LogP) is 3.38. The van der Waals surface area contributed by atoms with Crippen LogP contribution in [0.2, 0.25) is 0 Å². The van der Waals surface area contributed by atoms with E-state index in [-0.39, 0.29) is 29.2 Å². The van der Waals surface area contributed by atoms with Crippen LogP contribution in [0.15, 0.2) is 40.0 Å². The third-order valence-electron chi connectivity index (χ3n) is 4.34. The second kappa shape index (κ2) is 7.93. The van der Waals surface area contributed by atoms with Gasteiger partial charge < -0.3 is 19.1 Å². The number of ether oxygens (including phenoxy) is 3. The van der Waals surface area contributed by atoms with Crippen molar-refractivity contribution in [3.05, 3.63) is 50.7 Å². The van der Waals surface area contributed by atoms with Crippen LogP contribution in [0.4, 0.5) is 5.69 Å². The third-order valence-corrected chi connectivity index (χ3v) is 5.11. The van der Waals surface area contributed by atoms with Crippen LogP contribution >= 0.6 is 11.8 Å². The van der Waals surface area contributed by atoms with E-state index in [1.807, 2.05) is 0 Å². The molecule has 1 aromatic rings. The maximum atomic E-state index is 12.7. The van der Waals surface area contributed by atoms with Crippen LogP contribution in [-0.2, 0) is 9.53 Å². The predicted molar refractivity (Wildman–Crippen MR) is 104 cm³/mol. The van der Waals surface area contributed by atoms with Crippen LogP contribution in [0.25, 0.3) is 0 Å². The number of nitrogens with zero attached hydrogens (tertiary/aromatic N) is 3. The number of thioether (sulfide) groups is 1. The summed E-state index contributed by atoms with van der Waals surface area (Å²) >= 11 is 1.37. The van der Waals surface area contributed by atoms with Gasteiger partial charge in [0, 0.05) is 6.20 Å². The maximum absolute atomic E-state index is 12.7. The van der Waals surface area contributed by atoms with Gasteiger partial charge in [-0.15, -0.1) is 0 Å². The Morgan fingerprint density at radius 3 is 2.61 bits per heavy atom. The molecule has 2 aliphatic heterocycles. The molecule has 0 unspecified atom stereocenters. The van der Waals surface area contributed by atoms with Gasteiger partial charge in [0.05, 0.1) is 48.6 Å². The van der Waals surface area contributed by atoms with Crippen LogP contribution in [0.3, 0.4) is 0 Å². The minimum atomic E-state index is -0.780. The highest BCUT2D eigenvalue weighted by molar-refractivity contribution is 8.16. The first-order chi connectivity index (χ1) is 13.4. The number of allylic oxidation sites excluding steroid dienone is 1. The number of hydrogen-bond donors (Lipinski definition) is 0. The van der Waals surface area contributed by atoms with E-state index in [2.05, 4.69) is 4.99 Å². The first kappa shape index (κ1) is 19.7. The first-order valence-electron chi connectivity index (χ1n) is 8.41. The molecule has 1 aromatic carbocycles. The van der Waals surface area contributed by atoms with Crippen molar-refractivity contribution in [2.24, 2.45) is 4.99 Å². The summed E-state index contributed by atoms with van der Waals surface area (Å²) in [5.74, 6) is -0.0154. The van der Waals surface area contributed by atoms with Crippen LogP contribution in [-0.4, -0.2) is 41.8 Å². The fourth-order valence-electron chi connectivity index (χ4n) is 3.14. The molecule has 0 saturated heterocycles. The summed E-state index contributed by atoms with van der Waals surface area (Å²) in [4.78, 5) is 30.2. The molecular weight excluding hydrogens is 386 g/mol. The summed E-state index contributed by atoms with van der Waals surface area (Å²) < 4.78 is 15.7. The molecule has 2 heterocycles. The van der Waals surface area contributed by atoms with Crippen molar-refractivity contribution in [3.63, 3.8) is 0 Å². The lowest BCUT2D eigenvalue weighted by Crippen LogP contribution is -2.34. The van der Waals surface area contributed by atoms with E-state index in [1.54, 1.807) is 30.4 Å². The van der Waals surface area contributed by atoms with Gasteiger partial charge in [-0.1, -0.05) is 11.8 Å². The number of benzene rings is 1. The largest absolute Gasteiger partial charge is 0.493 e. The summed E-state index contributed by atoms with van der Waals surface area (Å²) in [5.41, 5.74) is 0.788. The number of carbonyl (C=O) groups is 1. The van der Waals surface area contributed by atoms with E-state index in [1.165, 1.54) is 38.1 Å².